The first-order valence-corrected chi connectivity index (χ1v) is 17.3. The van der Waals surface area contributed by atoms with Gasteiger partial charge in [0.15, 0.2) is 17.1 Å². The van der Waals surface area contributed by atoms with Crippen molar-refractivity contribution in [1.82, 2.24) is 5.06 Å². The number of alkyl halides is 2. The number of phenolic OH excluding ortho intramolecular Hbond substituents is 1. The molecule has 4 aliphatic rings. The predicted octanol–water partition coefficient (Wildman–Crippen LogP) is 6.07. The third kappa shape index (κ3) is 5.03. The number of rotatable bonds is 9. The lowest BCUT2D eigenvalue weighted by Crippen LogP contribution is -2.71. The fourth-order valence-electron chi connectivity index (χ4n) is 8.77. The average Bonchev–Trinajstić information content (AvgIpc) is 3.17. The Kier molecular flexibility index (Phi) is 9.04. The molecular formula is C33H43F2NO5S2. The molecule has 0 spiro atoms. The molecule has 1 aromatic carbocycles. The van der Waals surface area contributed by atoms with Gasteiger partial charge in [0.05, 0.1) is 6.10 Å². The van der Waals surface area contributed by atoms with Crippen molar-refractivity contribution in [3.63, 3.8) is 0 Å². The quantitative estimate of drug-likeness (QED) is 0.250. The number of phenols is 1. The van der Waals surface area contributed by atoms with Crippen LogP contribution in [0, 0.1) is 28.6 Å². The van der Waals surface area contributed by atoms with Gasteiger partial charge in [-0.2, -0.15) is 16.8 Å². The van der Waals surface area contributed by atoms with Crippen molar-refractivity contribution in [2.45, 2.75) is 77.0 Å². The summed E-state index contributed by atoms with van der Waals surface area (Å²) in [4.78, 5) is 33.4. The van der Waals surface area contributed by atoms with Crippen molar-refractivity contribution in [2.24, 2.45) is 28.6 Å². The maximum atomic E-state index is 17.7. The third-order valence-corrected chi connectivity index (χ3v) is 12.9. The van der Waals surface area contributed by atoms with Crippen LogP contribution in [0.1, 0.15) is 52.5 Å². The smallest absolute Gasteiger partial charge is 0.223 e. The number of aliphatic hydroxyl groups excluding tert-OH is 1. The lowest BCUT2D eigenvalue weighted by molar-refractivity contribution is -0.291. The summed E-state index contributed by atoms with van der Waals surface area (Å²) in [7, 11) is 1.75. The topological polar surface area (TPSA) is 87.1 Å². The van der Waals surface area contributed by atoms with Gasteiger partial charge in [-0.15, -0.1) is 0 Å². The summed E-state index contributed by atoms with van der Waals surface area (Å²) >= 11 is 2.96. The van der Waals surface area contributed by atoms with E-state index in [2.05, 4.69) is 6.92 Å². The van der Waals surface area contributed by atoms with Crippen LogP contribution in [0.25, 0.3) is 0 Å². The maximum absolute atomic E-state index is 17.7. The first-order valence-electron chi connectivity index (χ1n) is 15.1. The highest BCUT2D eigenvalue weighted by Crippen LogP contribution is 2.72. The largest absolute Gasteiger partial charge is 0.508 e. The number of allylic oxidation sites excluding steroid dienone is 4. The van der Waals surface area contributed by atoms with Gasteiger partial charge in [0.2, 0.25) is 5.12 Å². The highest BCUT2D eigenvalue weighted by atomic mass is 32.2. The molecular weight excluding hydrogens is 592 g/mol. The molecule has 6 nitrogen and oxygen atoms in total. The van der Waals surface area contributed by atoms with Gasteiger partial charge in [0.1, 0.15) is 11.9 Å². The van der Waals surface area contributed by atoms with Crippen molar-refractivity contribution >= 4 is 34.4 Å². The lowest BCUT2D eigenvalue weighted by Gasteiger charge is -2.63. The number of halogens is 2. The third-order valence-electron chi connectivity index (χ3n) is 10.8. The summed E-state index contributed by atoms with van der Waals surface area (Å²) in [6.07, 6.45) is 1.08. The van der Waals surface area contributed by atoms with E-state index < -0.39 is 46.2 Å². The van der Waals surface area contributed by atoms with Gasteiger partial charge >= 0.3 is 0 Å². The minimum absolute atomic E-state index is 0.0420. The number of benzene rings is 1. The number of aromatic hydroxyl groups is 1. The van der Waals surface area contributed by atoms with Gasteiger partial charge in [-0.05, 0) is 79.2 Å². The first kappa shape index (κ1) is 32.7. The Morgan fingerprint density at radius 3 is 2.53 bits per heavy atom. The van der Waals surface area contributed by atoms with E-state index in [1.165, 1.54) is 30.0 Å². The van der Waals surface area contributed by atoms with Gasteiger partial charge in [-0.3, -0.25) is 14.4 Å². The summed E-state index contributed by atoms with van der Waals surface area (Å²) in [5, 5.41) is 23.0. The molecule has 0 aromatic heterocycles. The Labute approximate surface area is 261 Å². The standard InChI is InChI=1S/C33H43F2NO5S2/c1-6-42-13-14-43-29(40)33(41-36(5)19-21-7-9-22(37)10-8-21)20(2)15-24-25-17-27(34)26-16-23(38)11-12-30(26,3)32(25,35)28(39)18-31(24,33)4/h7-12,16,20,24-25,27-28,37,39H,6,13-15,17-19H2,1-5H3/t20-,24?,25?,27+,28?,30?,31?,32+,33+/m1/s1. The Balaban J connectivity index is 1.55. The Morgan fingerprint density at radius 1 is 1.16 bits per heavy atom. The minimum Gasteiger partial charge on any atom is -0.508 e. The van der Waals surface area contributed by atoms with Crippen LogP contribution in [-0.2, 0) is 21.0 Å². The molecule has 2 N–H and O–H groups in total. The molecule has 236 valence electrons. The lowest BCUT2D eigenvalue weighted by atomic mass is 9.44. The van der Waals surface area contributed by atoms with Gasteiger partial charge in [0, 0.05) is 41.8 Å². The predicted molar refractivity (Wildman–Crippen MR) is 167 cm³/mol. The van der Waals surface area contributed by atoms with E-state index in [9.17, 15) is 19.8 Å². The number of ketones is 1. The van der Waals surface area contributed by atoms with E-state index in [1.807, 2.05) is 13.8 Å². The van der Waals surface area contributed by atoms with Crippen LogP contribution < -0.4 is 0 Å². The summed E-state index contributed by atoms with van der Waals surface area (Å²) in [5.74, 6) is 0.409. The van der Waals surface area contributed by atoms with E-state index in [1.54, 1.807) is 55.1 Å². The fourth-order valence-corrected chi connectivity index (χ4v) is 10.7. The zero-order valence-electron chi connectivity index (χ0n) is 25.5. The van der Waals surface area contributed by atoms with Crippen molar-refractivity contribution in [3.8, 4) is 5.75 Å². The number of thioether (sulfide) groups is 2. The molecule has 0 saturated heterocycles. The van der Waals surface area contributed by atoms with Crippen molar-refractivity contribution in [2.75, 3.05) is 24.3 Å². The van der Waals surface area contributed by atoms with Crippen molar-refractivity contribution in [3.05, 3.63) is 53.6 Å². The zero-order valence-corrected chi connectivity index (χ0v) is 27.1. The summed E-state index contributed by atoms with van der Waals surface area (Å²) in [6.45, 7) is 7.85. The SMILES string of the molecule is CCSCCSC(=O)[C@@]1(ON(C)Cc2ccc(O)cc2)[C@H](C)CC2C3C[C@H](F)C4=CC(=O)C=CC4(C)[C@@]3(F)C(O)CC21C. The van der Waals surface area contributed by atoms with Crippen LogP contribution in [0.5, 0.6) is 5.75 Å². The molecule has 0 aliphatic heterocycles. The second kappa shape index (κ2) is 11.9. The van der Waals surface area contributed by atoms with Crippen LogP contribution in [0.4, 0.5) is 8.78 Å². The number of fused-ring (bicyclic) bond motifs is 5. The number of carbonyl (C=O) groups excluding carboxylic acids is 2. The molecule has 1 aromatic rings. The van der Waals surface area contributed by atoms with E-state index in [-0.39, 0.29) is 41.0 Å². The van der Waals surface area contributed by atoms with Crippen molar-refractivity contribution < 1.29 is 33.4 Å². The Morgan fingerprint density at radius 2 is 1.86 bits per heavy atom. The van der Waals surface area contributed by atoms with Crippen LogP contribution >= 0.6 is 23.5 Å². The number of hydrogen-bond acceptors (Lipinski definition) is 8. The number of nitrogens with zero attached hydrogens (tertiary/aromatic N) is 1. The summed E-state index contributed by atoms with van der Waals surface area (Å²) in [6, 6.07) is 6.74. The number of hydroxylamine groups is 2. The fraction of sp³-hybridized carbons (Fsp3) is 0.636. The molecule has 43 heavy (non-hydrogen) atoms. The van der Waals surface area contributed by atoms with E-state index in [0.29, 0.717) is 18.7 Å². The second-order valence-corrected chi connectivity index (χ2v) is 15.6. The molecule has 3 fully saturated rings. The highest BCUT2D eigenvalue weighted by molar-refractivity contribution is 8.14. The van der Waals surface area contributed by atoms with Crippen LogP contribution in [0.2, 0.25) is 0 Å². The Bertz CT molecular complexity index is 1310. The molecule has 5 rings (SSSR count). The molecule has 3 saturated carbocycles. The highest BCUT2D eigenvalue weighted by Gasteiger charge is 2.77. The van der Waals surface area contributed by atoms with Gasteiger partial charge in [-0.1, -0.05) is 50.7 Å². The normalized spacial score (nSPS) is 40.2. The zero-order chi connectivity index (χ0) is 31.4. The molecule has 9 atom stereocenters. The van der Waals surface area contributed by atoms with Crippen LogP contribution in [-0.4, -0.2) is 74.0 Å². The van der Waals surface area contributed by atoms with E-state index in [4.69, 9.17) is 4.84 Å². The molecule has 0 radical (unpaired) electrons. The number of aliphatic hydroxyl groups is 1. The first-order chi connectivity index (χ1) is 20.2. The minimum atomic E-state index is -2.22. The van der Waals surface area contributed by atoms with Crippen LogP contribution in [0.3, 0.4) is 0 Å². The number of hydrogen-bond donors (Lipinski definition) is 2. The van der Waals surface area contributed by atoms with Gasteiger partial charge < -0.3 is 10.2 Å². The maximum Gasteiger partial charge on any atom is 0.223 e. The molecule has 4 aliphatic carbocycles. The molecule has 0 amide bonds. The summed E-state index contributed by atoms with van der Waals surface area (Å²) in [5.41, 5.74) is -5.14. The average molecular weight is 636 g/mol. The van der Waals surface area contributed by atoms with Gasteiger partial charge in [-0.25, -0.2) is 8.78 Å². The molecule has 10 heteroatoms. The van der Waals surface area contributed by atoms with E-state index >= 15 is 8.78 Å². The Hall–Kier alpha value is -1.72. The molecule has 5 unspecified atom stereocenters. The van der Waals surface area contributed by atoms with Crippen molar-refractivity contribution in [1.29, 1.82) is 0 Å². The summed E-state index contributed by atoms with van der Waals surface area (Å²) < 4.78 is 33.6. The van der Waals surface area contributed by atoms with Gasteiger partial charge in [0.25, 0.3) is 0 Å². The number of carbonyl (C=O) groups is 2. The van der Waals surface area contributed by atoms with Crippen LogP contribution in [0.15, 0.2) is 48.1 Å². The van der Waals surface area contributed by atoms with E-state index in [0.717, 1.165) is 17.1 Å². The molecule has 0 heterocycles. The second-order valence-electron chi connectivity index (χ2n) is 13.1. The molecule has 0 bridgehead atoms. The monoisotopic (exact) mass is 635 g/mol.